The van der Waals surface area contributed by atoms with Gasteiger partial charge in [0.05, 0.1) is 23.4 Å². The van der Waals surface area contributed by atoms with Gasteiger partial charge in [0.25, 0.3) is 0 Å². The van der Waals surface area contributed by atoms with Gasteiger partial charge in [-0.3, -0.25) is 10.3 Å². The molecule has 118 valence electrons. The van der Waals surface area contributed by atoms with E-state index in [1.165, 1.54) is 29.5 Å². The molecule has 7 heteroatoms. The topological polar surface area (TPSA) is 63.2 Å². The molecule has 0 atom stereocenters. The molecule has 22 heavy (non-hydrogen) atoms. The zero-order valence-electron chi connectivity index (χ0n) is 12.6. The lowest BCUT2D eigenvalue weighted by Gasteiger charge is -2.20. The number of anilines is 2. The second kappa shape index (κ2) is 6.74. The molecule has 0 aliphatic carbocycles. The van der Waals surface area contributed by atoms with Crippen molar-refractivity contribution in [2.45, 2.75) is 32.9 Å². The molecule has 0 unspecified atom stereocenters. The van der Waals surface area contributed by atoms with Crippen LogP contribution in [0.2, 0.25) is 0 Å². The standard InChI is InChI=1S/C15H18FN3O2S/c1-15(2,3)21-14(20)19-12-5-4-10(16)6-13(12)18-8-11-7-17-9-22-11/h4-7,9,18H,8H2,1-3H3,(H,19,20). The fraction of sp³-hybridized carbons (Fsp3) is 0.333. The van der Waals surface area contributed by atoms with Crippen LogP contribution in [0.1, 0.15) is 25.6 Å². The lowest BCUT2D eigenvalue weighted by molar-refractivity contribution is 0.0636. The number of carbonyl (C=O) groups is 1. The summed E-state index contributed by atoms with van der Waals surface area (Å²) >= 11 is 1.49. The number of nitrogens with zero attached hydrogens (tertiary/aromatic N) is 1. The van der Waals surface area contributed by atoms with E-state index in [2.05, 4.69) is 15.6 Å². The summed E-state index contributed by atoms with van der Waals surface area (Å²) in [7, 11) is 0. The normalized spacial score (nSPS) is 11.1. The SMILES string of the molecule is CC(C)(C)OC(=O)Nc1ccc(F)cc1NCc1cncs1. The maximum absolute atomic E-state index is 13.4. The van der Waals surface area contributed by atoms with Crippen molar-refractivity contribution in [1.82, 2.24) is 4.98 Å². The van der Waals surface area contributed by atoms with Gasteiger partial charge in [-0.25, -0.2) is 9.18 Å². The van der Waals surface area contributed by atoms with E-state index < -0.39 is 11.7 Å². The molecule has 1 amide bonds. The van der Waals surface area contributed by atoms with Gasteiger partial charge in [-0.2, -0.15) is 0 Å². The fourth-order valence-corrected chi connectivity index (χ4v) is 2.23. The van der Waals surface area contributed by atoms with Crippen molar-refractivity contribution in [1.29, 1.82) is 0 Å². The number of halogens is 1. The van der Waals surface area contributed by atoms with Crippen LogP contribution in [-0.2, 0) is 11.3 Å². The molecule has 0 aliphatic heterocycles. The molecular weight excluding hydrogens is 305 g/mol. The van der Waals surface area contributed by atoms with Gasteiger partial charge < -0.3 is 10.1 Å². The quantitative estimate of drug-likeness (QED) is 0.883. The largest absolute Gasteiger partial charge is 0.444 e. The Kier molecular flexibility index (Phi) is 4.97. The minimum Gasteiger partial charge on any atom is -0.444 e. The van der Waals surface area contributed by atoms with Crippen LogP contribution in [0.3, 0.4) is 0 Å². The summed E-state index contributed by atoms with van der Waals surface area (Å²) in [4.78, 5) is 16.8. The molecule has 1 aromatic carbocycles. The van der Waals surface area contributed by atoms with Crippen molar-refractivity contribution in [2.75, 3.05) is 10.6 Å². The first-order chi connectivity index (χ1) is 10.3. The van der Waals surface area contributed by atoms with Gasteiger partial charge in [-0.15, -0.1) is 11.3 Å². The second-order valence-corrected chi connectivity index (χ2v) is 6.61. The molecule has 0 fully saturated rings. The first-order valence-corrected chi connectivity index (χ1v) is 7.62. The Bertz CT molecular complexity index is 639. The molecule has 0 saturated carbocycles. The van der Waals surface area contributed by atoms with Crippen LogP contribution in [0.5, 0.6) is 0 Å². The summed E-state index contributed by atoms with van der Waals surface area (Å²) in [5.41, 5.74) is 2.07. The zero-order valence-corrected chi connectivity index (χ0v) is 13.5. The molecule has 0 saturated heterocycles. The van der Waals surface area contributed by atoms with Crippen LogP contribution in [0.4, 0.5) is 20.6 Å². The Morgan fingerprint density at radius 1 is 1.36 bits per heavy atom. The summed E-state index contributed by atoms with van der Waals surface area (Å²) in [6, 6.07) is 4.10. The molecule has 2 aromatic rings. The molecule has 0 bridgehead atoms. The van der Waals surface area contributed by atoms with E-state index in [0.717, 1.165) is 4.88 Å². The average Bonchev–Trinajstić information content (AvgIpc) is 2.90. The lowest BCUT2D eigenvalue weighted by Crippen LogP contribution is -2.27. The molecular formula is C15H18FN3O2S. The van der Waals surface area contributed by atoms with E-state index in [1.54, 1.807) is 32.5 Å². The summed E-state index contributed by atoms with van der Waals surface area (Å²) in [5, 5.41) is 5.71. The second-order valence-electron chi connectivity index (χ2n) is 5.64. The van der Waals surface area contributed by atoms with Gasteiger partial charge in [0, 0.05) is 11.1 Å². The third kappa shape index (κ3) is 5.00. The van der Waals surface area contributed by atoms with Crippen LogP contribution < -0.4 is 10.6 Å². The Hall–Kier alpha value is -2.15. The van der Waals surface area contributed by atoms with Crippen LogP contribution in [-0.4, -0.2) is 16.7 Å². The number of carbonyl (C=O) groups excluding carboxylic acids is 1. The molecule has 2 rings (SSSR count). The van der Waals surface area contributed by atoms with Crippen molar-refractivity contribution in [2.24, 2.45) is 0 Å². The van der Waals surface area contributed by atoms with Gasteiger partial charge in [-0.05, 0) is 39.0 Å². The third-order valence-corrected chi connectivity index (χ3v) is 3.33. The molecule has 0 aliphatic rings. The van der Waals surface area contributed by atoms with Crippen molar-refractivity contribution in [3.05, 3.63) is 40.6 Å². The Labute approximate surface area is 132 Å². The van der Waals surface area contributed by atoms with Gasteiger partial charge >= 0.3 is 6.09 Å². The van der Waals surface area contributed by atoms with Gasteiger partial charge in [0.15, 0.2) is 0 Å². The summed E-state index contributed by atoms with van der Waals surface area (Å²) in [6.45, 7) is 5.83. The molecule has 2 N–H and O–H groups in total. The van der Waals surface area contributed by atoms with Crippen molar-refractivity contribution >= 4 is 28.8 Å². The molecule has 5 nitrogen and oxygen atoms in total. The molecule has 1 heterocycles. The maximum atomic E-state index is 13.4. The Morgan fingerprint density at radius 2 is 2.14 bits per heavy atom. The van der Waals surface area contributed by atoms with Crippen LogP contribution in [0.25, 0.3) is 0 Å². The van der Waals surface area contributed by atoms with Crippen molar-refractivity contribution in [3.8, 4) is 0 Å². The predicted octanol–water partition coefficient (Wildman–Crippen LogP) is 4.24. The number of hydrogen-bond acceptors (Lipinski definition) is 5. The van der Waals surface area contributed by atoms with Gasteiger partial charge in [0.1, 0.15) is 11.4 Å². The smallest absolute Gasteiger partial charge is 0.412 e. The highest BCUT2D eigenvalue weighted by Crippen LogP contribution is 2.24. The fourth-order valence-electron chi connectivity index (χ4n) is 1.70. The monoisotopic (exact) mass is 323 g/mol. The highest BCUT2D eigenvalue weighted by Gasteiger charge is 2.17. The van der Waals surface area contributed by atoms with E-state index in [4.69, 9.17) is 4.74 Å². The summed E-state index contributed by atoms with van der Waals surface area (Å²) < 4.78 is 18.6. The van der Waals surface area contributed by atoms with E-state index in [0.29, 0.717) is 17.9 Å². The molecule has 0 radical (unpaired) electrons. The van der Waals surface area contributed by atoms with Crippen LogP contribution >= 0.6 is 11.3 Å². The minimum absolute atomic E-state index is 0.387. The zero-order chi connectivity index (χ0) is 16.2. The number of ether oxygens (including phenoxy) is 1. The Balaban J connectivity index is 2.08. The van der Waals surface area contributed by atoms with Crippen LogP contribution in [0.15, 0.2) is 29.9 Å². The van der Waals surface area contributed by atoms with E-state index >= 15 is 0 Å². The molecule has 0 spiro atoms. The van der Waals surface area contributed by atoms with Gasteiger partial charge in [-0.1, -0.05) is 0 Å². The van der Waals surface area contributed by atoms with Crippen molar-refractivity contribution < 1.29 is 13.9 Å². The van der Waals surface area contributed by atoms with E-state index in [-0.39, 0.29) is 5.82 Å². The highest BCUT2D eigenvalue weighted by atomic mass is 32.1. The van der Waals surface area contributed by atoms with Crippen LogP contribution in [0, 0.1) is 5.82 Å². The maximum Gasteiger partial charge on any atom is 0.412 e. The first kappa shape index (κ1) is 16.2. The number of amides is 1. The average molecular weight is 323 g/mol. The number of aromatic nitrogens is 1. The first-order valence-electron chi connectivity index (χ1n) is 6.74. The highest BCUT2D eigenvalue weighted by molar-refractivity contribution is 7.09. The molecule has 1 aromatic heterocycles. The number of hydrogen-bond donors (Lipinski definition) is 2. The summed E-state index contributed by atoms with van der Waals surface area (Å²) in [5.74, 6) is -0.387. The minimum atomic E-state index is -0.597. The lowest BCUT2D eigenvalue weighted by atomic mass is 10.2. The number of nitrogens with one attached hydrogen (secondary N) is 2. The predicted molar refractivity (Wildman–Crippen MR) is 85.7 cm³/mol. The number of rotatable bonds is 4. The Morgan fingerprint density at radius 3 is 2.77 bits per heavy atom. The summed E-state index contributed by atoms with van der Waals surface area (Å²) in [6.07, 6.45) is 1.15. The van der Waals surface area contributed by atoms with Crippen molar-refractivity contribution in [3.63, 3.8) is 0 Å². The third-order valence-electron chi connectivity index (χ3n) is 2.55. The number of benzene rings is 1. The van der Waals surface area contributed by atoms with Gasteiger partial charge in [0.2, 0.25) is 0 Å². The van der Waals surface area contributed by atoms with E-state index in [1.807, 2.05) is 0 Å². The number of thiazole rings is 1. The van der Waals surface area contributed by atoms with E-state index in [9.17, 15) is 9.18 Å².